The van der Waals surface area contributed by atoms with E-state index in [2.05, 4.69) is 11.9 Å². The van der Waals surface area contributed by atoms with Crippen LogP contribution in [0.2, 0.25) is 5.02 Å². The van der Waals surface area contributed by atoms with E-state index in [1.54, 1.807) is 36.9 Å². The Morgan fingerprint density at radius 2 is 1.96 bits per heavy atom. The molecule has 0 spiro atoms. The lowest BCUT2D eigenvalue weighted by Gasteiger charge is -2.31. The van der Waals surface area contributed by atoms with Crippen molar-refractivity contribution in [2.24, 2.45) is 5.92 Å². The highest BCUT2D eigenvalue weighted by molar-refractivity contribution is 6.31. The quantitative estimate of drug-likeness (QED) is 0.762. The van der Waals surface area contributed by atoms with Gasteiger partial charge in [-0.15, -0.1) is 0 Å². The van der Waals surface area contributed by atoms with Gasteiger partial charge in [-0.2, -0.15) is 0 Å². The van der Waals surface area contributed by atoms with Crippen molar-refractivity contribution in [3.63, 3.8) is 0 Å². The molecule has 0 radical (unpaired) electrons. The van der Waals surface area contributed by atoms with Gasteiger partial charge in [-0.3, -0.25) is 9.78 Å². The monoisotopic (exact) mass is 374 g/mol. The van der Waals surface area contributed by atoms with Crippen molar-refractivity contribution in [2.45, 2.75) is 39.7 Å². The first-order chi connectivity index (χ1) is 12.3. The van der Waals surface area contributed by atoms with Crippen molar-refractivity contribution in [3.8, 4) is 0 Å². The molecule has 0 bridgehead atoms. The summed E-state index contributed by atoms with van der Waals surface area (Å²) in [5.41, 5.74) is 1.68. The van der Waals surface area contributed by atoms with E-state index in [0.717, 1.165) is 36.8 Å². The van der Waals surface area contributed by atoms with E-state index >= 15 is 0 Å². The Balaban J connectivity index is 1.73. The molecular weight excluding hydrogens is 352 g/mol. The fraction of sp³-hybridized carbons (Fsp3) is 0.450. The molecule has 1 aromatic heterocycles. The number of likely N-dealkylation sites (tertiary alicyclic amines) is 1. The molecular formula is C20H23ClN2O3. The van der Waals surface area contributed by atoms with E-state index in [1.807, 2.05) is 6.07 Å². The highest BCUT2D eigenvalue weighted by Crippen LogP contribution is 2.22. The fourth-order valence-corrected chi connectivity index (χ4v) is 3.39. The molecule has 6 heteroatoms. The van der Waals surface area contributed by atoms with Crippen molar-refractivity contribution in [3.05, 3.63) is 40.5 Å². The van der Waals surface area contributed by atoms with Crippen LogP contribution in [0.5, 0.6) is 0 Å². The van der Waals surface area contributed by atoms with Gasteiger partial charge in [0.15, 0.2) is 6.10 Å². The van der Waals surface area contributed by atoms with Crippen LogP contribution in [-0.2, 0) is 9.53 Å². The van der Waals surface area contributed by atoms with E-state index in [-0.39, 0.29) is 5.91 Å². The first-order valence-electron chi connectivity index (χ1n) is 8.92. The second-order valence-electron chi connectivity index (χ2n) is 7.01. The minimum atomic E-state index is -0.814. The molecule has 5 nitrogen and oxygen atoms in total. The lowest BCUT2D eigenvalue weighted by Crippen LogP contribution is -2.44. The van der Waals surface area contributed by atoms with Crippen molar-refractivity contribution in [1.82, 2.24) is 9.88 Å². The lowest BCUT2D eigenvalue weighted by molar-refractivity contribution is -0.141. The average molecular weight is 375 g/mol. The first-order valence-corrected chi connectivity index (χ1v) is 9.29. The largest absolute Gasteiger partial charge is 0.449 e. The lowest BCUT2D eigenvalue weighted by atomic mass is 9.99. The van der Waals surface area contributed by atoms with Crippen LogP contribution >= 0.6 is 11.6 Å². The molecule has 1 amide bonds. The number of aryl methyl sites for hydroxylation is 1. The fourth-order valence-electron chi connectivity index (χ4n) is 3.21. The number of halogens is 1. The minimum absolute atomic E-state index is 0.139. The number of fused-ring (bicyclic) bond motifs is 1. The van der Waals surface area contributed by atoms with E-state index in [0.29, 0.717) is 22.2 Å². The van der Waals surface area contributed by atoms with Gasteiger partial charge in [0.1, 0.15) is 0 Å². The second kappa shape index (κ2) is 7.62. The van der Waals surface area contributed by atoms with E-state index in [9.17, 15) is 9.59 Å². The number of rotatable bonds is 3. The number of hydrogen-bond donors (Lipinski definition) is 0. The predicted molar refractivity (Wildman–Crippen MR) is 101 cm³/mol. The zero-order chi connectivity index (χ0) is 18.8. The number of hydrogen-bond acceptors (Lipinski definition) is 4. The number of pyridine rings is 1. The zero-order valence-corrected chi connectivity index (χ0v) is 16.0. The van der Waals surface area contributed by atoms with Crippen LogP contribution in [0.3, 0.4) is 0 Å². The molecule has 1 aromatic carbocycles. The van der Waals surface area contributed by atoms with Crippen LogP contribution in [0.15, 0.2) is 24.3 Å². The summed E-state index contributed by atoms with van der Waals surface area (Å²) in [5.74, 6) is -0.0437. The predicted octanol–water partition coefficient (Wildman–Crippen LogP) is 4.00. The van der Waals surface area contributed by atoms with Crippen LogP contribution in [0.1, 0.15) is 42.7 Å². The zero-order valence-electron chi connectivity index (χ0n) is 15.3. The smallest absolute Gasteiger partial charge is 0.340 e. The molecule has 1 saturated heterocycles. The minimum Gasteiger partial charge on any atom is -0.449 e. The van der Waals surface area contributed by atoms with Crippen LogP contribution in [0.25, 0.3) is 10.9 Å². The van der Waals surface area contributed by atoms with E-state index in [1.165, 1.54) is 0 Å². The van der Waals surface area contributed by atoms with Crippen molar-refractivity contribution >= 4 is 34.4 Å². The van der Waals surface area contributed by atoms with Gasteiger partial charge >= 0.3 is 5.97 Å². The maximum absolute atomic E-state index is 12.6. The standard InChI is InChI=1S/C20H23ClN2O3/c1-12-6-8-23(9-7-12)19(24)14(3)26-20(25)17-11-15-10-16(21)4-5-18(15)22-13(17)2/h4-5,10-12,14H,6-9H2,1-3H3. The molecule has 0 N–H and O–H groups in total. The summed E-state index contributed by atoms with van der Waals surface area (Å²) in [5, 5.41) is 1.34. The molecule has 0 saturated carbocycles. The highest BCUT2D eigenvalue weighted by Gasteiger charge is 2.27. The number of carbonyl (C=O) groups is 2. The summed E-state index contributed by atoms with van der Waals surface area (Å²) < 4.78 is 5.44. The second-order valence-corrected chi connectivity index (χ2v) is 7.45. The molecule has 0 aliphatic carbocycles. The highest BCUT2D eigenvalue weighted by atomic mass is 35.5. The van der Waals surface area contributed by atoms with Gasteiger partial charge in [-0.05, 0) is 56.9 Å². The molecule has 2 heterocycles. The maximum Gasteiger partial charge on any atom is 0.340 e. The van der Waals surface area contributed by atoms with Gasteiger partial charge in [0.25, 0.3) is 5.91 Å². The molecule has 1 unspecified atom stereocenters. The Labute approximate surface area is 158 Å². The summed E-state index contributed by atoms with van der Waals surface area (Å²) in [6.07, 6.45) is 1.16. The number of amides is 1. The number of piperidine rings is 1. The Morgan fingerprint density at radius 3 is 2.65 bits per heavy atom. The van der Waals surface area contributed by atoms with Gasteiger partial charge < -0.3 is 9.64 Å². The number of nitrogens with zero attached hydrogens (tertiary/aromatic N) is 2. The third kappa shape index (κ3) is 3.98. The van der Waals surface area contributed by atoms with Crippen LogP contribution in [0, 0.1) is 12.8 Å². The Hall–Kier alpha value is -2.14. The molecule has 3 rings (SSSR count). The number of esters is 1. The molecule has 1 aliphatic heterocycles. The third-order valence-corrected chi connectivity index (χ3v) is 5.15. The third-order valence-electron chi connectivity index (χ3n) is 4.91. The number of aromatic nitrogens is 1. The van der Waals surface area contributed by atoms with Crippen LogP contribution in [0.4, 0.5) is 0 Å². The first kappa shape index (κ1) is 18.6. The topological polar surface area (TPSA) is 59.5 Å². The van der Waals surface area contributed by atoms with Crippen molar-refractivity contribution < 1.29 is 14.3 Å². The Bertz CT molecular complexity index is 844. The molecule has 26 heavy (non-hydrogen) atoms. The van der Waals surface area contributed by atoms with Crippen LogP contribution < -0.4 is 0 Å². The molecule has 138 valence electrons. The van der Waals surface area contributed by atoms with Crippen molar-refractivity contribution in [2.75, 3.05) is 13.1 Å². The van der Waals surface area contributed by atoms with Gasteiger partial charge in [0, 0.05) is 23.5 Å². The number of carbonyl (C=O) groups excluding carboxylic acids is 2. The summed E-state index contributed by atoms with van der Waals surface area (Å²) in [4.78, 5) is 31.3. The van der Waals surface area contributed by atoms with Gasteiger partial charge in [-0.1, -0.05) is 18.5 Å². The molecule has 1 fully saturated rings. The molecule has 1 aliphatic rings. The van der Waals surface area contributed by atoms with Gasteiger partial charge in [-0.25, -0.2) is 4.79 Å². The molecule has 2 aromatic rings. The summed E-state index contributed by atoms with van der Waals surface area (Å²) >= 11 is 6.02. The number of benzene rings is 1. The summed E-state index contributed by atoms with van der Waals surface area (Å²) in [6, 6.07) is 7.03. The maximum atomic E-state index is 12.6. The normalized spacial score (nSPS) is 16.5. The summed E-state index contributed by atoms with van der Waals surface area (Å²) in [7, 11) is 0. The van der Waals surface area contributed by atoms with E-state index in [4.69, 9.17) is 16.3 Å². The summed E-state index contributed by atoms with van der Waals surface area (Å²) in [6.45, 7) is 7.00. The number of ether oxygens (including phenoxy) is 1. The van der Waals surface area contributed by atoms with Crippen LogP contribution in [-0.4, -0.2) is 41.0 Å². The Kier molecular flexibility index (Phi) is 5.47. The van der Waals surface area contributed by atoms with Gasteiger partial charge in [0.05, 0.1) is 16.8 Å². The Morgan fingerprint density at radius 1 is 1.27 bits per heavy atom. The van der Waals surface area contributed by atoms with E-state index < -0.39 is 12.1 Å². The SMILES string of the molecule is Cc1nc2ccc(Cl)cc2cc1C(=O)OC(C)C(=O)N1CCC(C)CC1. The molecule has 1 atom stereocenters. The average Bonchev–Trinajstić information content (AvgIpc) is 2.61. The van der Waals surface area contributed by atoms with Gasteiger partial charge in [0.2, 0.25) is 0 Å². The van der Waals surface area contributed by atoms with Crippen molar-refractivity contribution in [1.29, 1.82) is 0 Å².